The highest BCUT2D eigenvalue weighted by molar-refractivity contribution is 6.32. The molecule has 1 heterocycles. The van der Waals surface area contributed by atoms with E-state index >= 15 is 0 Å². The van der Waals surface area contributed by atoms with Gasteiger partial charge in [0.1, 0.15) is 5.75 Å². The van der Waals surface area contributed by atoms with Crippen molar-refractivity contribution >= 4 is 28.9 Å². The first-order valence-electron chi connectivity index (χ1n) is 8.16. The van der Waals surface area contributed by atoms with E-state index in [-0.39, 0.29) is 12.5 Å². The molecule has 1 saturated heterocycles. The van der Waals surface area contributed by atoms with Crippen LogP contribution in [0, 0.1) is 6.92 Å². The minimum Gasteiger partial charge on any atom is -0.482 e. The standard InChI is InChI=1S/C19H21ClN2O2/c1-14-12-15(22-10-4-5-11-22)8-9-17(14)21-19(23)13-24-18-7-3-2-6-16(18)20/h2-3,6-9,12H,4-5,10-11,13H2,1H3,(H,21,23). The number of amides is 1. The lowest BCUT2D eigenvalue weighted by molar-refractivity contribution is -0.118. The Morgan fingerprint density at radius 2 is 1.96 bits per heavy atom. The van der Waals surface area contributed by atoms with Crippen molar-refractivity contribution in [3.63, 3.8) is 0 Å². The van der Waals surface area contributed by atoms with Crippen LogP contribution in [0.2, 0.25) is 5.02 Å². The van der Waals surface area contributed by atoms with E-state index < -0.39 is 0 Å². The number of hydrogen-bond donors (Lipinski definition) is 1. The van der Waals surface area contributed by atoms with Gasteiger partial charge in [0.15, 0.2) is 6.61 Å². The fraction of sp³-hybridized carbons (Fsp3) is 0.316. The maximum absolute atomic E-state index is 12.1. The Morgan fingerprint density at radius 3 is 2.67 bits per heavy atom. The normalized spacial score (nSPS) is 13.8. The van der Waals surface area contributed by atoms with E-state index in [9.17, 15) is 4.79 Å². The van der Waals surface area contributed by atoms with E-state index in [2.05, 4.69) is 22.3 Å². The van der Waals surface area contributed by atoms with Crippen molar-refractivity contribution in [1.82, 2.24) is 0 Å². The van der Waals surface area contributed by atoms with E-state index in [0.29, 0.717) is 10.8 Å². The molecule has 0 aromatic heterocycles. The highest BCUT2D eigenvalue weighted by Crippen LogP contribution is 2.26. The smallest absolute Gasteiger partial charge is 0.262 e. The number of ether oxygens (including phenoxy) is 1. The van der Waals surface area contributed by atoms with Gasteiger partial charge in [-0.05, 0) is 55.7 Å². The van der Waals surface area contributed by atoms with Crippen LogP contribution in [-0.2, 0) is 4.79 Å². The molecule has 0 unspecified atom stereocenters. The summed E-state index contributed by atoms with van der Waals surface area (Å²) in [4.78, 5) is 14.5. The van der Waals surface area contributed by atoms with Gasteiger partial charge in [0.2, 0.25) is 0 Å². The maximum atomic E-state index is 12.1. The molecule has 3 rings (SSSR count). The second-order valence-corrected chi connectivity index (χ2v) is 6.37. The van der Waals surface area contributed by atoms with Crippen LogP contribution in [0.15, 0.2) is 42.5 Å². The number of halogens is 1. The van der Waals surface area contributed by atoms with Crippen molar-refractivity contribution in [3.8, 4) is 5.75 Å². The Labute approximate surface area is 147 Å². The maximum Gasteiger partial charge on any atom is 0.262 e. The van der Waals surface area contributed by atoms with Crippen molar-refractivity contribution in [2.45, 2.75) is 19.8 Å². The molecule has 0 aliphatic carbocycles. The predicted octanol–water partition coefficient (Wildman–Crippen LogP) is 4.27. The molecule has 2 aromatic rings. The summed E-state index contributed by atoms with van der Waals surface area (Å²) in [5, 5.41) is 3.39. The molecule has 1 aliphatic rings. The molecule has 1 N–H and O–H groups in total. The van der Waals surface area contributed by atoms with Crippen LogP contribution in [-0.4, -0.2) is 25.6 Å². The molecule has 4 nitrogen and oxygen atoms in total. The summed E-state index contributed by atoms with van der Waals surface area (Å²) in [7, 11) is 0. The molecular formula is C19H21ClN2O2. The van der Waals surface area contributed by atoms with Gasteiger partial charge >= 0.3 is 0 Å². The van der Waals surface area contributed by atoms with E-state index in [0.717, 1.165) is 24.3 Å². The summed E-state index contributed by atoms with van der Waals surface area (Å²) in [6.45, 7) is 4.15. The van der Waals surface area contributed by atoms with E-state index in [1.165, 1.54) is 18.5 Å². The zero-order valence-electron chi connectivity index (χ0n) is 13.7. The number of anilines is 2. The Morgan fingerprint density at radius 1 is 1.21 bits per heavy atom. The van der Waals surface area contributed by atoms with Crippen LogP contribution in [0.1, 0.15) is 18.4 Å². The van der Waals surface area contributed by atoms with Crippen molar-refractivity contribution in [2.75, 3.05) is 29.9 Å². The highest BCUT2D eigenvalue weighted by Gasteiger charge is 2.14. The second-order valence-electron chi connectivity index (χ2n) is 5.96. The molecule has 0 atom stereocenters. The van der Waals surface area contributed by atoms with Crippen LogP contribution in [0.5, 0.6) is 5.75 Å². The lowest BCUT2D eigenvalue weighted by atomic mass is 10.1. The van der Waals surface area contributed by atoms with Gasteiger partial charge in [0, 0.05) is 24.5 Å². The van der Waals surface area contributed by atoms with Gasteiger partial charge in [0.25, 0.3) is 5.91 Å². The molecule has 1 fully saturated rings. The number of hydrogen-bond acceptors (Lipinski definition) is 3. The molecular weight excluding hydrogens is 324 g/mol. The Bertz CT molecular complexity index is 727. The summed E-state index contributed by atoms with van der Waals surface area (Å²) in [6.07, 6.45) is 2.49. The number of rotatable bonds is 5. The predicted molar refractivity (Wildman–Crippen MR) is 98.2 cm³/mol. The average Bonchev–Trinajstić information content (AvgIpc) is 3.10. The van der Waals surface area contributed by atoms with Crippen molar-refractivity contribution in [2.24, 2.45) is 0 Å². The first-order chi connectivity index (χ1) is 11.6. The SMILES string of the molecule is Cc1cc(N2CCCC2)ccc1NC(=O)COc1ccccc1Cl. The van der Waals surface area contributed by atoms with Crippen LogP contribution >= 0.6 is 11.6 Å². The Hall–Kier alpha value is -2.20. The number of benzene rings is 2. The molecule has 0 radical (unpaired) electrons. The second kappa shape index (κ2) is 7.58. The van der Waals surface area contributed by atoms with Gasteiger partial charge in [-0.2, -0.15) is 0 Å². The molecule has 2 aromatic carbocycles. The van der Waals surface area contributed by atoms with Gasteiger partial charge in [-0.1, -0.05) is 23.7 Å². The summed E-state index contributed by atoms with van der Waals surface area (Å²) in [5.41, 5.74) is 3.08. The Balaban J connectivity index is 1.59. The molecule has 0 saturated carbocycles. The third-order valence-electron chi connectivity index (χ3n) is 4.15. The number of carbonyl (C=O) groups is 1. The topological polar surface area (TPSA) is 41.6 Å². The fourth-order valence-electron chi connectivity index (χ4n) is 2.85. The summed E-state index contributed by atoms with van der Waals surface area (Å²) in [6, 6.07) is 13.2. The van der Waals surface area contributed by atoms with E-state index in [1.807, 2.05) is 25.1 Å². The summed E-state index contributed by atoms with van der Waals surface area (Å²) < 4.78 is 5.46. The van der Waals surface area contributed by atoms with E-state index in [4.69, 9.17) is 16.3 Å². The molecule has 0 spiro atoms. The third kappa shape index (κ3) is 4.01. The van der Waals surface area contributed by atoms with Gasteiger partial charge in [0.05, 0.1) is 5.02 Å². The monoisotopic (exact) mass is 344 g/mol. The summed E-state index contributed by atoms with van der Waals surface area (Å²) >= 11 is 6.01. The number of carbonyl (C=O) groups excluding carboxylic acids is 1. The third-order valence-corrected chi connectivity index (χ3v) is 4.46. The average molecular weight is 345 g/mol. The van der Waals surface area contributed by atoms with Gasteiger partial charge < -0.3 is 15.0 Å². The van der Waals surface area contributed by atoms with Crippen LogP contribution in [0.3, 0.4) is 0 Å². The number of para-hydroxylation sites is 1. The van der Waals surface area contributed by atoms with Crippen LogP contribution in [0.25, 0.3) is 0 Å². The summed E-state index contributed by atoms with van der Waals surface area (Å²) in [5.74, 6) is 0.308. The number of nitrogens with one attached hydrogen (secondary N) is 1. The molecule has 5 heteroatoms. The van der Waals surface area contributed by atoms with Crippen molar-refractivity contribution < 1.29 is 9.53 Å². The highest BCUT2D eigenvalue weighted by atomic mass is 35.5. The first-order valence-corrected chi connectivity index (χ1v) is 8.54. The number of nitrogens with zero attached hydrogens (tertiary/aromatic N) is 1. The van der Waals surface area contributed by atoms with Gasteiger partial charge in [-0.3, -0.25) is 4.79 Å². The van der Waals surface area contributed by atoms with Crippen molar-refractivity contribution in [3.05, 3.63) is 53.1 Å². The molecule has 0 bridgehead atoms. The molecule has 24 heavy (non-hydrogen) atoms. The van der Waals surface area contributed by atoms with Crippen LogP contribution < -0.4 is 15.0 Å². The van der Waals surface area contributed by atoms with Gasteiger partial charge in [-0.25, -0.2) is 0 Å². The zero-order chi connectivity index (χ0) is 16.9. The lowest BCUT2D eigenvalue weighted by Crippen LogP contribution is -2.21. The van der Waals surface area contributed by atoms with Crippen LogP contribution in [0.4, 0.5) is 11.4 Å². The van der Waals surface area contributed by atoms with Crippen molar-refractivity contribution in [1.29, 1.82) is 0 Å². The van der Waals surface area contributed by atoms with E-state index in [1.54, 1.807) is 12.1 Å². The Kier molecular flexibility index (Phi) is 5.26. The minimum atomic E-state index is -0.202. The molecule has 126 valence electrons. The quantitative estimate of drug-likeness (QED) is 0.880. The fourth-order valence-corrected chi connectivity index (χ4v) is 3.04. The number of aryl methyl sites for hydroxylation is 1. The molecule has 1 aliphatic heterocycles. The molecule has 1 amide bonds. The van der Waals surface area contributed by atoms with Gasteiger partial charge in [-0.15, -0.1) is 0 Å². The first kappa shape index (κ1) is 16.7. The largest absolute Gasteiger partial charge is 0.482 e. The zero-order valence-corrected chi connectivity index (χ0v) is 14.5. The minimum absolute atomic E-state index is 0.0724. The lowest BCUT2D eigenvalue weighted by Gasteiger charge is -2.19.